The maximum absolute atomic E-state index is 13.9. The molecular weight excluding hydrogens is 359 g/mol. The van der Waals surface area contributed by atoms with Gasteiger partial charge >= 0.3 is 0 Å². The van der Waals surface area contributed by atoms with E-state index in [1.165, 1.54) is 6.07 Å². The Bertz CT molecular complexity index is 693. The van der Waals surface area contributed by atoms with E-state index >= 15 is 0 Å². The second kappa shape index (κ2) is 7.21. The van der Waals surface area contributed by atoms with Gasteiger partial charge in [0.25, 0.3) is 0 Å². The smallest absolute Gasteiger partial charge is 0.223 e. The standard InChI is InChI=1S/C18H18BrFN2O/c19-15-5-3-13(16(20)12-15)4-6-18(23)22-11-1-2-17(22)14-7-9-21-10-8-14/h3,5,7-10,12,17H,1-2,4,6,11H2. The molecule has 0 radical (unpaired) electrons. The van der Waals surface area contributed by atoms with E-state index in [1.54, 1.807) is 24.5 Å². The lowest BCUT2D eigenvalue weighted by Gasteiger charge is -2.25. The normalized spacial score (nSPS) is 17.5. The van der Waals surface area contributed by atoms with Gasteiger partial charge in [-0.1, -0.05) is 22.0 Å². The molecule has 1 amide bonds. The largest absolute Gasteiger partial charge is 0.336 e. The zero-order valence-corrected chi connectivity index (χ0v) is 14.3. The molecule has 0 aliphatic carbocycles. The second-order valence-electron chi connectivity index (χ2n) is 5.76. The van der Waals surface area contributed by atoms with Crippen LogP contribution in [0.25, 0.3) is 0 Å². The summed E-state index contributed by atoms with van der Waals surface area (Å²) in [6.07, 6.45) is 6.26. The average molecular weight is 377 g/mol. The second-order valence-corrected chi connectivity index (χ2v) is 6.68. The first-order valence-corrected chi connectivity index (χ1v) is 8.58. The molecule has 2 aromatic rings. The highest BCUT2D eigenvalue weighted by atomic mass is 79.9. The monoisotopic (exact) mass is 376 g/mol. The number of hydrogen-bond donors (Lipinski definition) is 0. The summed E-state index contributed by atoms with van der Waals surface area (Å²) in [4.78, 5) is 18.5. The van der Waals surface area contributed by atoms with Crippen LogP contribution in [-0.2, 0) is 11.2 Å². The summed E-state index contributed by atoms with van der Waals surface area (Å²) < 4.78 is 14.6. The van der Waals surface area contributed by atoms with Crippen LogP contribution in [0.5, 0.6) is 0 Å². The molecule has 0 saturated carbocycles. The number of pyridine rings is 1. The molecule has 3 nitrogen and oxygen atoms in total. The van der Waals surface area contributed by atoms with Gasteiger partial charge in [-0.25, -0.2) is 4.39 Å². The third kappa shape index (κ3) is 3.78. The van der Waals surface area contributed by atoms with Crippen molar-refractivity contribution in [1.82, 2.24) is 9.88 Å². The van der Waals surface area contributed by atoms with E-state index in [-0.39, 0.29) is 17.8 Å². The Kier molecular flexibility index (Phi) is 5.06. The molecule has 0 spiro atoms. The molecule has 5 heteroatoms. The molecule has 0 bridgehead atoms. The maximum atomic E-state index is 13.9. The molecule has 1 saturated heterocycles. The molecule has 120 valence electrons. The van der Waals surface area contributed by atoms with Crippen molar-refractivity contribution >= 4 is 21.8 Å². The predicted molar refractivity (Wildman–Crippen MR) is 90.3 cm³/mol. The SMILES string of the molecule is O=C(CCc1ccc(Br)cc1F)N1CCCC1c1ccncc1. The Morgan fingerprint density at radius 2 is 2.09 bits per heavy atom. The van der Waals surface area contributed by atoms with Crippen molar-refractivity contribution in [1.29, 1.82) is 0 Å². The fourth-order valence-electron chi connectivity index (χ4n) is 3.11. The average Bonchev–Trinajstić information content (AvgIpc) is 3.04. The molecule has 1 unspecified atom stereocenters. The summed E-state index contributed by atoms with van der Waals surface area (Å²) in [6.45, 7) is 0.772. The van der Waals surface area contributed by atoms with Gasteiger partial charge in [-0.05, 0) is 54.7 Å². The summed E-state index contributed by atoms with van der Waals surface area (Å²) >= 11 is 3.24. The Morgan fingerprint density at radius 1 is 1.30 bits per heavy atom. The molecule has 0 N–H and O–H groups in total. The van der Waals surface area contributed by atoms with E-state index in [1.807, 2.05) is 17.0 Å². The van der Waals surface area contributed by atoms with Crippen molar-refractivity contribution in [2.24, 2.45) is 0 Å². The van der Waals surface area contributed by atoms with Crippen molar-refractivity contribution in [2.45, 2.75) is 31.7 Å². The number of hydrogen-bond acceptors (Lipinski definition) is 2. The van der Waals surface area contributed by atoms with Gasteiger partial charge in [0, 0.05) is 29.8 Å². The van der Waals surface area contributed by atoms with Crippen LogP contribution in [0.15, 0.2) is 47.2 Å². The lowest BCUT2D eigenvalue weighted by atomic mass is 10.0. The zero-order chi connectivity index (χ0) is 16.2. The van der Waals surface area contributed by atoms with E-state index in [2.05, 4.69) is 20.9 Å². The van der Waals surface area contributed by atoms with Crippen molar-refractivity contribution in [3.8, 4) is 0 Å². The van der Waals surface area contributed by atoms with E-state index < -0.39 is 0 Å². The minimum absolute atomic E-state index is 0.0895. The van der Waals surface area contributed by atoms with Gasteiger partial charge in [0.15, 0.2) is 0 Å². The number of aromatic nitrogens is 1. The summed E-state index contributed by atoms with van der Waals surface area (Å²) in [6, 6.07) is 9.03. The minimum atomic E-state index is -0.265. The number of carbonyl (C=O) groups excluding carboxylic acids is 1. The number of aryl methyl sites for hydroxylation is 1. The van der Waals surface area contributed by atoms with Gasteiger partial charge in [0.1, 0.15) is 5.82 Å². The number of carbonyl (C=O) groups is 1. The molecule has 1 aromatic carbocycles. The first-order valence-electron chi connectivity index (χ1n) is 7.78. The van der Waals surface area contributed by atoms with Crippen LogP contribution in [0, 0.1) is 5.82 Å². The molecule has 2 heterocycles. The van der Waals surface area contributed by atoms with Gasteiger partial charge in [-0.3, -0.25) is 9.78 Å². The highest BCUT2D eigenvalue weighted by Crippen LogP contribution is 2.32. The van der Waals surface area contributed by atoms with Gasteiger partial charge < -0.3 is 4.90 Å². The molecule has 23 heavy (non-hydrogen) atoms. The van der Waals surface area contributed by atoms with Crippen LogP contribution in [-0.4, -0.2) is 22.3 Å². The highest BCUT2D eigenvalue weighted by Gasteiger charge is 2.29. The molecule has 1 fully saturated rings. The summed E-state index contributed by atoms with van der Waals surface area (Å²) in [5.41, 5.74) is 1.71. The summed E-state index contributed by atoms with van der Waals surface area (Å²) in [7, 11) is 0. The third-order valence-electron chi connectivity index (χ3n) is 4.29. The van der Waals surface area contributed by atoms with Crippen LogP contribution in [0.3, 0.4) is 0 Å². The van der Waals surface area contributed by atoms with E-state index in [9.17, 15) is 9.18 Å². The van der Waals surface area contributed by atoms with Gasteiger partial charge in [0.05, 0.1) is 6.04 Å². The van der Waals surface area contributed by atoms with Crippen LogP contribution in [0.2, 0.25) is 0 Å². The molecule has 1 aromatic heterocycles. The Labute approximate surface area is 143 Å². The van der Waals surface area contributed by atoms with E-state index in [0.717, 1.165) is 24.9 Å². The van der Waals surface area contributed by atoms with Crippen molar-refractivity contribution < 1.29 is 9.18 Å². The van der Waals surface area contributed by atoms with Crippen LogP contribution in [0.1, 0.15) is 36.4 Å². The quantitative estimate of drug-likeness (QED) is 0.797. The number of halogens is 2. The highest BCUT2D eigenvalue weighted by molar-refractivity contribution is 9.10. The molecular formula is C18H18BrFN2O. The van der Waals surface area contributed by atoms with E-state index in [4.69, 9.17) is 0 Å². The number of rotatable bonds is 4. The first kappa shape index (κ1) is 16.1. The first-order chi connectivity index (χ1) is 11.1. The van der Waals surface area contributed by atoms with Gasteiger partial charge in [-0.15, -0.1) is 0 Å². The Hall–Kier alpha value is -1.75. The third-order valence-corrected chi connectivity index (χ3v) is 4.78. The van der Waals surface area contributed by atoms with Crippen LogP contribution < -0.4 is 0 Å². The Morgan fingerprint density at radius 3 is 2.83 bits per heavy atom. The number of amides is 1. The van der Waals surface area contributed by atoms with Crippen LogP contribution in [0.4, 0.5) is 4.39 Å². The van der Waals surface area contributed by atoms with Crippen molar-refractivity contribution in [3.63, 3.8) is 0 Å². The number of benzene rings is 1. The lowest BCUT2D eigenvalue weighted by Crippen LogP contribution is -2.30. The fourth-order valence-corrected chi connectivity index (χ4v) is 3.44. The van der Waals surface area contributed by atoms with E-state index in [0.29, 0.717) is 22.9 Å². The minimum Gasteiger partial charge on any atom is -0.336 e. The summed E-state index contributed by atoms with van der Waals surface area (Å²) in [5, 5.41) is 0. The van der Waals surface area contributed by atoms with Crippen molar-refractivity contribution in [2.75, 3.05) is 6.54 Å². The number of likely N-dealkylation sites (tertiary alicyclic amines) is 1. The van der Waals surface area contributed by atoms with Crippen LogP contribution >= 0.6 is 15.9 Å². The lowest BCUT2D eigenvalue weighted by molar-refractivity contribution is -0.132. The van der Waals surface area contributed by atoms with Crippen molar-refractivity contribution in [3.05, 3.63) is 64.1 Å². The topological polar surface area (TPSA) is 33.2 Å². The zero-order valence-electron chi connectivity index (χ0n) is 12.7. The molecule has 3 rings (SSSR count). The molecule has 1 atom stereocenters. The van der Waals surface area contributed by atoms with Gasteiger partial charge in [-0.2, -0.15) is 0 Å². The maximum Gasteiger partial charge on any atom is 0.223 e. The fraction of sp³-hybridized carbons (Fsp3) is 0.333. The summed E-state index contributed by atoms with van der Waals surface area (Å²) in [5.74, 6) is -0.175. The molecule has 1 aliphatic heterocycles. The number of nitrogens with zero attached hydrogens (tertiary/aromatic N) is 2. The molecule has 1 aliphatic rings. The Balaban J connectivity index is 1.65. The van der Waals surface area contributed by atoms with Gasteiger partial charge in [0.2, 0.25) is 5.91 Å². The predicted octanol–water partition coefficient (Wildman–Crippen LogP) is 4.28.